The average Bonchev–Trinajstić information content (AvgIpc) is 3.11. The normalized spacial score (nSPS) is 25.6. The molecule has 2 aliphatic rings. The number of amides is 2. The second kappa shape index (κ2) is 7.34. The maximum absolute atomic E-state index is 13.0. The highest BCUT2D eigenvalue weighted by Gasteiger charge is 2.38. The van der Waals surface area contributed by atoms with E-state index in [1.165, 1.54) is 0 Å². The molecule has 2 aliphatic heterocycles. The second-order valence-electron chi connectivity index (χ2n) is 7.07. The van der Waals surface area contributed by atoms with Crippen molar-refractivity contribution >= 4 is 11.8 Å². The Kier molecular flexibility index (Phi) is 5.19. The molecule has 2 saturated heterocycles. The summed E-state index contributed by atoms with van der Waals surface area (Å²) in [6.45, 7) is 4.18. The summed E-state index contributed by atoms with van der Waals surface area (Å²) in [5.74, 6) is 0.428. The van der Waals surface area contributed by atoms with Crippen molar-refractivity contribution in [2.24, 2.45) is 11.7 Å². The molecule has 0 saturated carbocycles. The molecular weight excluding hydrogens is 302 g/mol. The summed E-state index contributed by atoms with van der Waals surface area (Å²) in [6.07, 6.45) is 3.73. The van der Waals surface area contributed by atoms with Gasteiger partial charge in [-0.15, -0.1) is 0 Å². The van der Waals surface area contributed by atoms with Gasteiger partial charge in [-0.3, -0.25) is 9.59 Å². The number of likely N-dealkylation sites (tertiary alicyclic amines) is 2. The van der Waals surface area contributed by atoms with E-state index < -0.39 is 0 Å². The van der Waals surface area contributed by atoms with Gasteiger partial charge in [0.25, 0.3) is 5.91 Å². The quantitative estimate of drug-likeness (QED) is 0.921. The van der Waals surface area contributed by atoms with Crippen molar-refractivity contribution in [2.45, 2.75) is 44.7 Å². The van der Waals surface area contributed by atoms with Gasteiger partial charge < -0.3 is 15.5 Å². The maximum Gasteiger partial charge on any atom is 0.254 e. The van der Waals surface area contributed by atoms with Crippen LogP contribution in [0.3, 0.4) is 0 Å². The molecule has 5 nitrogen and oxygen atoms in total. The van der Waals surface area contributed by atoms with E-state index in [0.29, 0.717) is 18.0 Å². The van der Waals surface area contributed by atoms with Gasteiger partial charge in [-0.2, -0.15) is 0 Å². The van der Waals surface area contributed by atoms with E-state index in [4.69, 9.17) is 5.73 Å². The van der Waals surface area contributed by atoms with Gasteiger partial charge in [0.15, 0.2) is 0 Å². The van der Waals surface area contributed by atoms with E-state index >= 15 is 0 Å². The third-order valence-electron chi connectivity index (χ3n) is 5.33. The second-order valence-corrected chi connectivity index (χ2v) is 7.07. The number of benzene rings is 1. The molecule has 2 heterocycles. The van der Waals surface area contributed by atoms with Gasteiger partial charge in [-0.25, -0.2) is 0 Å². The van der Waals surface area contributed by atoms with Crippen LogP contribution < -0.4 is 5.73 Å². The minimum absolute atomic E-state index is 0.0350. The van der Waals surface area contributed by atoms with Crippen molar-refractivity contribution < 1.29 is 9.59 Å². The lowest BCUT2D eigenvalue weighted by Gasteiger charge is -2.37. The zero-order valence-electron chi connectivity index (χ0n) is 14.4. The molecule has 0 radical (unpaired) electrons. The Morgan fingerprint density at radius 3 is 2.54 bits per heavy atom. The summed E-state index contributed by atoms with van der Waals surface area (Å²) in [7, 11) is 0. The lowest BCUT2D eigenvalue weighted by Crippen LogP contribution is -2.52. The predicted molar refractivity (Wildman–Crippen MR) is 93.5 cm³/mol. The Morgan fingerprint density at radius 2 is 1.83 bits per heavy atom. The van der Waals surface area contributed by atoms with Crippen LogP contribution in [0.1, 0.15) is 43.0 Å². The summed E-state index contributed by atoms with van der Waals surface area (Å²) in [5.41, 5.74) is 6.69. The van der Waals surface area contributed by atoms with Gasteiger partial charge in [0.1, 0.15) is 6.04 Å². The Bertz CT molecular complexity index is 588. The van der Waals surface area contributed by atoms with Crippen molar-refractivity contribution in [1.82, 2.24) is 9.80 Å². The Labute approximate surface area is 143 Å². The van der Waals surface area contributed by atoms with Crippen molar-refractivity contribution in [3.63, 3.8) is 0 Å². The van der Waals surface area contributed by atoms with Gasteiger partial charge in [-0.1, -0.05) is 18.2 Å². The van der Waals surface area contributed by atoms with Gasteiger partial charge in [0.05, 0.1) is 0 Å². The van der Waals surface area contributed by atoms with Crippen LogP contribution in [0.5, 0.6) is 0 Å². The zero-order chi connectivity index (χ0) is 17.1. The number of nitrogens with zero attached hydrogens (tertiary/aromatic N) is 2. The van der Waals surface area contributed by atoms with E-state index in [1.807, 2.05) is 42.2 Å². The molecule has 0 aromatic heterocycles. The van der Waals surface area contributed by atoms with Crippen molar-refractivity contribution in [1.29, 1.82) is 0 Å². The summed E-state index contributed by atoms with van der Waals surface area (Å²) in [4.78, 5) is 29.4. The predicted octanol–water partition coefficient (Wildman–Crippen LogP) is 1.88. The molecule has 0 aliphatic carbocycles. The third-order valence-corrected chi connectivity index (χ3v) is 5.33. The molecule has 0 spiro atoms. The molecule has 2 fully saturated rings. The first-order valence-electron chi connectivity index (χ1n) is 8.98. The first-order chi connectivity index (χ1) is 11.6. The number of carbonyl (C=O) groups is 2. The monoisotopic (exact) mass is 329 g/mol. The Hall–Kier alpha value is -1.88. The smallest absolute Gasteiger partial charge is 0.254 e. The summed E-state index contributed by atoms with van der Waals surface area (Å²) < 4.78 is 0. The highest BCUT2D eigenvalue weighted by molar-refractivity contribution is 5.97. The number of piperidine rings is 1. The van der Waals surface area contributed by atoms with Crippen molar-refractivity contribution in [2.75, 3.05) is 19.6 Å². The fraction of sp³-hybridized carbons (Fsp3) is 0.579. The maximum atomic E-state index is 13.0. The topological polar surface area (TPSA) is 66.6 Å². The Morgan fingerprint density at radius 1 is 1.12 bits per heavy atom. The molecule has 1 aromatic rings. The largest absolute Gasteiger partial charge is 0.341 e. The van der Waals surface area contributed by atoms with Crippen LogP contribution in [-0.2, 0) is 4.79 Å². The van der Waals surface area contributed by atoms with Crippen LogP contribution in [0.2, 0.25) is 0 Å². The van der Waals surface area contributed by atoms with Gasteiger partial charge in [0, 0.05) is 31.2 Å². The lowest BCUT2D eigenvalue weighted by molar-refractivity contribution is -0.137. The molecule has 1 aromatic carbocycles. The van der Waals surface area contributed by atoms with Crippen LogP contribution in [0.4, 0.5) is 0 Å². The molecule has 3 unspecified atom stereocenters. The van der Waals surface area contributed by atoms with Crippen LogP contribution >= 0.6 is 0 Å². The minimum atomic E-state index is -0.315. The first-order valence-corrected chi connectivity index (χ1v) is 8.98. The third kappa shape index (κ3) is 3.46. The molecule has 3 atom stereocenters. The van der Waals surface area contributed by atoms with Crippen LogP contribution in [0.15, 0.2) is 30.3 Å². The average molecular weight is 329 g/mol. The standard InChI is InChI=1S/C19H27N3O2/c1-14(20)16-9-5-11-21(13-16)19(24)17-10-6-12-22(17)18(23)15-7-3-2-4-8-15/h2-4,7-8,14,16-17H,5-6,9-13,20H2,1H3. The zero-order valence-corrected chi connectivity index (χ0v) is 14.4. The molecule has 0 bridgehead atoms. The molecule has 2 N–H and O–H groups in total. The number of rotatable bonds is 3. The van der Waals surface area contributed by atoms with E-state index in [2.05, 4.69) is 0 Å². The molecule has 24 heavy (non-hydrogen) atoms. The van der Waals surface area contributed by atoms with Gasteiger partial charge in [0.2, 0.25) is 5.91 Å². The van der Waals surface area contributed by atoms with Crippen LogP contribution in [-0.4, -0.2) is 53.3 Å². The SMILES string of the molecule is CC(N)C1CCCN(C(=O)C2CCCN2C(=O)c2ccccc2)C1. The number of hydrogen-bond acceptors (Lipinski definition) is 3. The van der Waals surface area contributed by atoms with E-state index in [-0.39, 0.29) is 23.9 Å². The highest BCUT2D eigenvalue weighted by atomic mass is 16.2. The fourth-order valence-corrected chi connectivity index (χ4v) is 3.86. The lowest BCUT2D eigenvalue weighted by atomic mass is 9.91. The summed E-state index contributed by atoms with van der Waals surface area (Å²) in [6, 6.07) is 9.03. The van der Waals surface area contributed by atoms with Crippen molar-refractivity contribution in [3.05, 3.63) is 35.9 Å². The fourth-order valence-electron chi connectivity index (χ4n) is 3.86. The molecular formula is C19H27N3O2. The molecule has 2 amide bonds. The Balaban J connectivity index is 1.71. The molecule has 5 heteroatoms. The van der Waals surface area contributed by atoms with E-state index in [9.17, 15) is 9.59 Å². The first kappa shape index (κ1) is 17.0. The molecule has 130 valence electrons. The minimum Gasteiger partial charge on any atom is -0.341 e. The van der Waals surface area contributed by atoms with E-state index in [1.54, 1.807) is 4.90 Å². The van der Waals surface area contributed by atoms with Crippen molar-refractivity contribution in [3.8, 4) is 0 Å². The van der Waals surface area contributed by atoms with E-state index in [0.717, 1.165) is 38.8 Å². The van der Waals surface area contributed by atoms with Gasteiger partial charge >= 0.3 is 0 Å². The number of nitrogens with two attached hydrogens (primary N) is 1. The highest BCUT2D eigenvalue weighted by Crippen LogP contribution is 2.25. The number of hydrogen-bond donors (Lipinski definition) is 1. The van der Waals surface area contributed by atoms with Crippen LogP contribution in [0.25, 0.3) is 0 Å². The number of carbonyl (C=O) groups excluding carboxylic acids is 2. The molecule has 3 rings (SSSR count). The summed E-state index contributed by atoms with van der Waals surface area (Å²) >= 11 is 0. The van der Waals surface area contributed by atoms with Crippen LogP contribution in [0, 0.1) is 5.92 Å². The summed E-state index contributed by atoms with van der Waals surface area (Å²) in [5, 5.41) is 0. The van der Waals surface area contributed by atoms with Gasteiger partial charge in [-0.05, 0) is 50.7 Å².